The average molecular weight is 1480 g/mol. The van der Waals surface area contributed by atoms with Crippen molar-refractivity contribution in [3.63, 3.8) is 0 Å². The molecule has 0 saturated carbocycles. The van der Waals surface area contributed by atoms with E-state index in [4.69, 9.17) is 0 Å². The van der Waals surface area contributed by atoms with Crippen LogP contribution in [-0.4, -0.2) is 15.8 Å². The van der Waals surface area contributed by atoms with Crippen molar-refractivity contribution in [2.45, 2.75) is 234 Å². The molecule has 113 heavy (non-hydrogen) atoms. The second-order valence-corrected chi connectivity index (χ2v) is 42.1. The van der Waals surface area contributed by atoms with E-state index >= 15 is 0 Å². The van der Waals surface area contributed by atoms with E-state index in [2.05, 4.69) is 409 Å². The van der Waals surface area contributed by atoms with Gasteiger partial charge in [0.15, 0.2) is 0 Å². The largest absolute Gasteiger partial charge is 0.311 e. The Hall–Kier alpha value is -10.1. The van der Waals surface area contributed by atoms with E-state index in [1.165, 1.54) is 168 Å². The van der Waals surface area contributed by atoms with Gasteiger partial charge in [0.05, 0.1) is 27.8 Å². The number of nitrogens with zero attached hydrogens (tertiary/aromatic N) is 4. The van der Waals surface area contributed by atoms with E-state index in [0.29, 0.717) is 0 Å². The van der Waals surface area contributed by atoms with Crippen LogP contribution in [0.15, 0.2) is 231 Å². The first kappa shape index (κ1) is 74.3. The van der Waals surface area contributed by atoms with Gasteiger partial charge in [0.1, 0.15) is 0 Å². The number of fused-ring (bicyclic) bond motifs is 12. The van der Waals surface area contributed by atoms with E-state index in [1.807, 2.05) is 0 Å². The highest BCUT2D eigenvalue weighted by atomic mass is 15.2. The molecule has 0 radical (unpaired) electrons. The van der Waals surface area contributed by atoms with Crippen LogP contribution in [0.1, 0.15) is 235 Å². The Balaban J connectivity index is 0.942. The fraction of sp³-hybridized carbons (Fsp3) is 0.333. The van der Waals surface area contributed by atoms with Crippen LogP contribution in [0.4, 0.5) is 34.1 Å². The summed E-state index contributed by atoms with van der Waals surface area (Å²) in [6.07, 6.45) is 4.70. The molecule has 0 spiro atoms. The van der Waals surface area contributed by atoms with Gasteiger partial charge in [-0.05, 0) is 277 Å². The number of benzene rings is 12. The molecule has 0 unspecified atom stereocenters. The summed E-state index contributed by atoms with van der Waals surface area (Å²) in [6, 6.07) is 92.7. The maximum absolute atomic E-state index is 2.67. The first-order chi connectivity index (χ1) is 53.1. The first-order valence-electron chi connectivity index (χ1n) is 42.0. The van der Waals surface area contributed by atoms with Gasteiger partial charge in [0, 0.05) is 61.4 Å². The van der Waals surface area contributed by atoms with Crippen molar-refractivity contribution in [1.82, 2.24) is 9.13 Å². The van der Waals surface area contributed by atoms with Crippen LogP contribution in [0.2, 0.25) is 0 Å². The van der Waals surface area contributed by atoms with Crippen molar-refractivity contribution in [2.24, 2.45) is 0 Å². The number of aromatic nitrogens is 2. The summed E-state index contributed by atoms with van der Waals surface area (Å²) in [5.41, 5.74) is 37.8. The minimum Gasteiger partial charge on any atom is -0.311 e. The SMILES string of the molecule is CC(C)(C)c1ccc(-c2ccc3c(c2)B2c4ccc(-n5c6ccc(C(C)(C)C)cc6c6cc(C(C)(C)C)ccc65)cc4N(c4ccc(-c5ccc6c(c5)C(C)(C)CCC6(C)C)cc4)c4cc(-n5c6ccc(C(C)(C)C)cc6c6cc(C(C)(C)C)ccc65)cc(c42)N3c2ccc(-c3ccc4c(c3)C(C)(C)CCC4(C)C)cc2)cc1. The molecule has 4 nitrogen and oxygen atoms in total. The fourth-order valence-corrected chi connectivity index (χ4v) is 19.7. The highest BCUT2D eigenvalue weighted by Crippen LogP contribution is 2.53. The Morgan fingerprint density at radius 3 is 0.920 bits per heavy atom. The number of hydrogen-bond donors (Lipinski definition) is 0. The summed E-state index contributed by atoms with van der Waals surface area (Å²) in [7, 11) is 0. The van der Waals surface area contributed by atoms with Crippen molar-refractivity contribution in [1.29, 1.82) is 0 Å². The molecule has 2 aliphatic carbocycles. The zero-order valence-corrected chi connectivity index (χ0v) is 71.6. The molecule has 0 amide bonds. The van der Waals surface area contributed by atoms with Crippen LogP contribution in [0.3, 0.4) is 0 Å². The van der Waals surface area contributed by atoms with Gasteiger partial charge in [-0.3, -0.25) is 0 Å². The third kappa shape index (κ3) is 12.3. The summed E-state index contributed by atoms with van der Waals surface area (Å²) in [4.78, 5) is 5.31. The monoisotopic (exact) mass is 1480 g/mol. The van der Waals surface area contributed by atoms with Gasteiger partial charge in [0.2, 0.25) is 0 Å². The summed E-state index contributed by atoms with van der Waals surface area (Å²) >= 11 is 0. The molecule has 18 rings (SSSR count). The van der Waals surface area contributed by atoms with Gasteiger partial charge in [0.25, 0.3) is 6.71 Å². The van der Waals surface area contributed by atoms with Gasteiger partial charge in [-0.15, -0.1) is 0 Å². The Labute approximate surface area is 674 Å². The van der Waals surface area contributed by atoms with Crippen LogP contribution in [0.25, 0.3) is 88.4 Å². The third-order valence-electron chi connectivity index (χ3n) is 27.3. The van der Waals surface area contributed by atoms with E-state index in [0.717, 1.165) is 46.2 Å². The molecular weight excluding hydrogens is 1360 g/mol. The molecule has 14 aromatic rings. The number of rotatable bonds is 7. The minimum absolute atomic E-state index is 0.0112. The molecule has 2 aromatic heterocycles. The van der Waals surface area contributed by atoms with Crippen LogP contribution in [0.5, 0.6) is 0 Å². The number of anilines is 6. The highest BCUT2D eigenvalue weighted by Gasteiger charge is 2.46. The molecule has 0 saturated heterocycles. The summed E-state index contributed by atoms with van der Waals surface area (Å²) in [5, 5.41) is 5.09. The van der Waals surface area contributed by atoms with Gasteiger partial charge in [-0.2, -0.15) is 0 Å². The van der Waals surface area contributed by atoms with Crippen LogP contribution in [0, 0.1) is 0 Å². The zero-order chi connectivity index (χ0) is 79.7. The van der Waals surface area contributed by atoms with E-state index in [-0.39, 0.29) is 55.4 Å². The van der Waals surface area contributed by atoms with Gasteiger partial charge in [-0.1, -0.05) is 287 Å². The molecule has 12 aromatic carbocycles. The molecule has 0 atom stereocenters. The van der Waals surface area contributed by atoms with Gasteiger partial charge < -0.3 is 18.9 Å². The Bertz CT molecular complexity index is 6100. The quantitative estimate of drug-likeness (QED) is 0.148. The Morgan fingerprint density at radius 1 is 0.239 bits per heavy atom. The Kier molecular flexibility index (Phi) is 16.6. The molecule has 4 heterocycles. The lowest BCUT2D eigenvalue weighted by molar-refractivity contribution is 0.332. The molecule has 5 heteroatoms. The molecule has 0 N–H and O–H groups in total. The minimum atomic E-state index is -0.192. The zero-order valence-electron chi connectivity index (χ0n) is 71.6. The average Bonchev–Trinajstić information content (AvgIpc) is 1.47. The molecule has 4 aliphatic rings. The predicted octanol–water partition coefficient (Wildman–Crippen LogP) is 28.1. The van der Waals surface area contributed by atoms with Crippen LogP contribution >= 0.6 is 0 Å². The van der Waals surface area contributed by atoms with Crippen molar-refractivity contribution in [3.05, 3.63) is 281 Å². The van der Waals surface area contributed by atoms with Crippen molar-refractivity contribution in [3.8, 4) is 44.8 Å². The maximum Gasteiger partial charge on any atom is 0.252 e. The Morgan fingerprint density at radius 2 is 0.540 bits per heavy atom. The summed E-state index contributed by atoms with van der Waals surface area (Å²) < 4.78 is 5.18. The molecule has 570 valence electrons. The standard InChI is InChI=1S/C108H115BN4/c1-100(2,3)72-33-24-66(25-34-72)71-32-47-95-90(58-71)109-89-46-43-79(112-91-48-35-73(101(4,5)6)59-81(91)82-60-74(102(7,8)9)36-49-92(82)112)63-96(89)111(78-41-28-68(29-42-78)70-31-45-86-88(57-70)108(22,23)55-53-106(86,18)19)98-65-80(113-93-50-37-75(103(10,11)12)61-83(93)84-62-76(104(13,14)15)38-51-94(84)113)64-97(99(98)109)110(95)77-39-26-67(27-40-77)69-30-44-85-87(56-69)107(20,21)54-52-105(85,16)17/h24-51,56-65H,52-55H2,1-23H3. The van der Waals surface area contributed by atoms with E-state index in [1.54, 1.807) is 0 Å². The van der Waals surface area contributed by atoms with E-state index < -0.39 is 0 Å². The highest BCUT2D eigenvalue weighted by molar-refractivity contribution is 7.00. The lowest BCUT2D eigenvalue weighted by atomic mass is 9.33. The molecule has 0 fully saturated rings. The molecular formula is C108H115BN4. The smallest absolute Gasteiger partial charge is 0.252 e. The maximum atomic E-state index is 2.67. The van der Waals surface area contributed by atoms with Crippen LogP contribution < -0.4 is 26.2 Å². The second kappa shape index (κ2) is 25.2. The number of hydrogen-bond acceptors (Lipinski definition) is 2. The third-order valence-corrected chi connectivity index (χ3v) is 27.3. The lowest BCUT2D eigenvalue weighted by Gasteiger charge is -2.44. The first-order valence-corrected chi connectivity index (χ1v) is 42.0. The van der Waals surface area contributed by atoms with Crippen molar-refractivity contribution >= 4 is 101 Å². The van der Waals surface area contributed by atoms with Crippen molar-refractivity contribution in [2.75, 3.05) is 9.80 Å². The second-order valence-electron chi connectivity index (χ2n) is 42.1. The predicted molar refractivity (Wildman–Crippen MR) is 490 cm³/mol. The van der Waals surface area contributed by atoms with E-state index in [9.17, 15) is 0 Å². The van der Waals surface area contributed by atoms with Gasteiger partial charge >= 0.3 is 0 Å². The topological polar surface area (TPSA) is 16.3 Å². The normalized spacial score (nSPS) is 16.4. The van der Waals surface area contributed by atoms with Gasteiger partial charge in [-0.25, -0.2) is 0 Å². The molecule has 2 aliphatic heterocycles. The molecule has 0 bridgehead atoms. The van der Waals surface area contributed by atoms with Crippen LogP contribution in [-0.2, 0) is 48.7 Å². The lowest BCUT2D eigenvalue weighted by Crippen LogP contribution is -2.61. The fourth-order valence-electron chi connectivity index (χ4n) is 19.7. The van der Waals surface area contributed by atoms with Crippen molar-refractivity contribution < 1.29 is 0 Å². The summed E-state index contributed by atoms with van der Waals surface area (Å²) in [6.45, 7) is 54.4. The summed E-state index contributed by atoms with van der Waals surface area (Å²) in [5.74, 6) is 0.